The van der Waals surface area contributed by atoms with Crippen molar-refractivity contribution in [2.45, 2.75) is 46.1 Å². The Morgan fingerprint density at radius 2 is 1.85 bits per heavy atom. The molecule has 0 aliphatic rings. The maximum absolute atomic E-state index is 12.1. The first-order chi connectivity index (χ1) is 9.40. The Morgan fingerprint density at radius 3 is 2.40 bits per heavy atom. The van der Waals surface area contributed by atoms with Crippen LogP contribution in [0.4, 0.5) is 0 Å². The fraction of sp³-hybridized carbons (Fsp3) is 0.588. The van der Waals surface area contributed by atoms with Crippen LogP contribution in [0.3, 0.4) is 0 Å². The second kappa shape index (κ2) is 8.05. The number of aryl methyl sites for hydroxylation is 2. The van der Waals surface area contributed by atoms with E-state index in [0.717, 1.165) is 19.4 Å². The number of rotatable bonds is 7. The molecular formula is C17H28N2O. The molecule has 3 nitrogen and oxygen atoms in total. The van der Waals surface area contributed by atoms with Gasteiger partial charge in [-0.3, -0.25) is 4.79 Å². The summed E-state index contributed by atoms with van der Waals surface area (Å²) in [5, 5.41) is 0. The lowest BCUT2D eigenvalue weighted by Crippen LogP contribution is -2.34. The molecule has 0 aliphatic heterocycles. The number of nitrogens with zero attached hydrogens (tertiary/aromatic N) is 1. The van der Waals surface area contributed by atoms with Crippen LogP contribution < -0.4 is 5.73 Å². The van der Waals surface area contributed by atoms with Crippen LogP contribution in [0.15, 0.2) is 24.3 Å². The normalized spacial score (nSPS) is 12.5. The zero-order chi connectivity index (χ0) is 15.1. The van der Waals surface area contributed by atoms with Crippen LogP contribution >= 0.6 is 0 Å². The highest BCUT2D eigenvalue weighted by atomic mass is 16.2. The predicted molar refractivity (Wildman–Crippen MR) is 84.6 cm³/mol. The largest absolute Gasteiger partial charge is 0.346 e. The van der Waals surface area contributed by atoms with Gasteiger partial charge >= 0.3 is 0 Å². The molecule has 1 rings (SSSR count). The number of carbonyl (C=O) groups excluding carboxylic acids is 1. The molecule has 0 heterocycles. The molecule has 3 heteroatoms. The molecule has 0 spiro atoms. The number of benzene rings is 1. The van der Waals surface area contributed by atoms with E-state index in [4.69, 9.17) is 5.73 Å². The second-order valence-electron chi connectivity index (χ2n) is 6.00. The van der Waals surface area contributed by atoms with Gasteiger partial charge in [0, 0.05) is 26.1 Å². The van der Waals surface area contributed by atoms with Gasteiger partial charge in [-0.1, -0.05) is 43.7 Å². The lowest BCUT2D eigenvalue weighted by Gasteiger charge is -2.21. The molecule has 0 saturated heterocycles. The Hall–Kier alpha value is -1.35. The molecule has 0 aliphatic carbocycles. The summed E-state index contributed by atoms with van der Waals surface area (Å²) in [7, 11) is 1.87. The monoisotopic (exact) mass is 276 g/mol. The maximum Gasteiger partial charge on any atom is 0.222 e. The molecular weight excluding hydrogens is 248 g/mol. The standard InChI is InChI=1S/C17H28N2O/c1-13(2)16(18)11-12-19(4)17(20)10-9-15-7-5-14(3)6-8-15/h5-8,13,16H,9-12,18H2,1-4H3. The lowest BCUT2D eigenvalue weighted by molar-refractivity contribution is -0.129. The van der Waals surface area contributed by atoms with E-state index in [1.54, 1.807) is 4.90 Å². The van der Waals surface area contributed by atoms with Crippen molar-refractivity contribution in [3.63, 3.8) is 0 Å². The molecule has 0 saturated carbocycles. The highest BCUT2D eigenvalue weighted by Crippen LogP contribution is 2.08. The summed E-state index contributed by atoms with van der Waals surface area (Å²) < 4.78 is 0. The first-order valence-corrected chi connectivity index (χ1v) is 7.45. The second-order valence-corrected chi connectivity index (χ2v) is 6.00. The van der Waals surface area contributed by atoms with E-state index in [2.05, 4.69) is 45.0 Å². The smallest absolute Gasteiger partial charge is 0.222 e. The van der Waals surface area contributed by atoms with Crippen molar-refractivity contribution in [2.75, 3.05) is 13.6 Å². The quantitative estimate of drug-likeness (QED) is 0.832. The van der Waals surface area contributed by atoms with Gasteiger partial charge in [-0.2, -0.15) is 0 Å². The summed E-state index contributed by atoms with van der Waals surface area (Å²) in [5.41, 5.74) is 8.47. The molecule has 1 aromatic carbocycles. The van der Waals surface area contributed by atoms with E-state index in [9.17, 15) is 4.79 Å². The molecule has 2 N–H and O–H groups in total. The van der Waals surface area contributed by atoms with Crippen molar-refractivity contribution < 1.29 is 4.79 Å². The van der Waals surface area contributed by atoms with Gasteiger partial charge in [0.2, 0.25) is 5.91 Å². The lowest BCUT2D eigenvalue weighted by atomic mass is 10.0. The van der Waals surface area contributed by atoms with Crippen molar-refractivity contribution >= 4 is 5.91 Å². The maximum atomic E-state index is 12.1. The first-order valence-electron chi connectivity index (χ1n) is 7.45. The molecule has 0 aromatic heterocycles. The van der Waals surface area contributed by atoms with Gasteiger partial charge < -0.3 is 10.6 Å². The van der Waals surface area contributed by atoms with Gasteiger partial charge in [0.05, 0.1) is 0 Å². The van der Waals surface area contributed by atoms with Crippen molar-refractivity contribution in [1.29, 1.82) is 0 Å². The number of amides is 1. The van der Waals surface area contributed by atoms with E-state index in [-0.39, 0.29) is 11.9 Å². The van der Waals surface area contributed by atoms with Gasteiger partial charge in [-0.25, -0.2) is 0 Å². The minimum Gasteiger partial charge on any atom is -0.346 e. The Labute approximate surface area is 123 Å². The topological polar surface area (TPSA) is 46.3 Å². The summed E-state index contributed by atoms with van der Waals surface area (Å²) in [4.78, 5) is 13.9. The van der Waals surface area contributed by atoms with Gasteiger partial charge in [0.25, 0.3) is 0 Å². The minimum absolute atomic E-state index is 0.169. The summed E-state index contributed by atoms with van der Waals surface area (Å²) in [6.45, 7) is 7.04. The predicted octanol–water partition coefficient (Wildman–Crippen LogP) is 2.76. The fourth-order valence-electron chi connectivity index (χ4n) is 2.00. The molecule has 112 valence electrons. The van der Waals surface area contributed by atoms with Crippen LogP contribution in [0.5, 0.6) is 0 Å². The Bertz CT molecular complexity index is 412. The van der Waals surface area contributed by atoms with Crippen molar-refractivity contribution in [3.05, 3.63) is 35.4 Å². The van der Waals surface area contributed by atoms with Gasteiger partial charge in [-0.05, 0) is 31.2 Å². The SMILES string of the molecule is Cc1ccc(CCC(=O)N(C)CCC(N)C(C)C)cc1. The molecule has 20 heavy (non-hydrogen) atoms. The number of hydrogen-bond acceptors (Lipinski definition) is 2. The van der Waals surface area contributed by atoms with E-state index >= 15 is 0 Å². The van der Waals surface area contributed by atoms with Crippen LogP contribution in [0.2, 0.25) is 0 Å². The zero-order valence-electron chi connectivity index (χ0n) is 13.2. The van der Waals surface area contributed by atoms with E-state index < -0.39 is 0 Å². The number of nitrogens with two attached hydrogens (primary N) is 1. The zero-order valence-corrected chi connectivity index (χ0v) is 13.2. The highest BCUT2D eigenvalue weighted by molar-refractivity contribution is 5.76. The fourth-order valence-corrected chi connectivity index (χ4v) is 2.00. The van der Waals surface area contributed by atoms with Crippen LogP contribution in [0.1, 0.15) is 37.8 Å². The van der Waals surface area contributed by atoms with Crippen LogP contribution in [0, 0.1) is 12.8 Å². The Balaban J connectivity index is 2.33. The number of hydrogen-bond donors (Lipinski definition) is 1. The summed E-state index contributed by atoms with van der Waals surface area (Å²) in [5.74, 6) is 0.660. The van der Waals surface area contributed by atoms with Crippen molar-refractivity contribution in [2.24, 2.45) is 11.7 Å². The summed E-state index contributed by atoms with van der Waals surface area (Å²) in [6, 6.07) is 8.53. The van der Waals surface area contributed by atoms with Crippen LogP contribution in [0.25, 0.3) is 0 Å². The van der Waals surface area contributed by atoms with Crippen LogP contribution in [-0.4, -0.2) is 30.4 Å². The molecule has 1 unspecified atom stereocenters. The molecule has 0 radical (unpaired) electrons. The third-order valence-corrected chi connectivity index (χ3v) is 3.83. The minimum atomic E-state index is 0.169. The Morgan fingerprint density at radius 1 is 1.25 bits per heavy atom. The van der Waals surface area contributed by atoms with E-state index in [0.29, 0.717) is 12.3 Å². The highest BCUT2D eigenvalue weighted by Gasteiger charge is 2.12. The van der Waals surface area contributed by atoms with Crippen molar-refractivity contribution in [1.82, 2.24) is 4.90 Å². The Kier molecular flexibility index (Phi) is 6.73. The molecule has 1 aromatic rings. The average molecular weight is 276 g/mol. The third kappa shape index (κ3) is 5.74. The van der Waals surface area contributed by atoms with Gasteiger partial charge in [0.15, 0.2) is 0 Å². The molecule has 1 atom stereocenters. The number of carbonyl (C=O) groups is 1. The molecule has 0 bridgehead atoms. The average Bonchev–Trinajstić information content (AvgIpc) is 2.43. The third-order valence-electron chi connectivity index (χ3n) is 3.83. The molecule has 0 fully saturated rings. The summed E-state index contributed by atoms with van der Waals surface area (Å²) in [6.07, 6.45) is 2.24. The van der Waals surface area contributed by atoms with E-state index in [1.807, 2.05) is 7.05 Å². The first kappa shape index (κ1) is 16.7. The van der Waals surface area contributed by atoms with Crippen LogP contribution in [-0.2, 0) is 11.2 Å². The van der Waals surface area contributed by atoms with E-state index in [1.165, 1.54) is 11.1 Å². The van der Waals surface area contributed by atoms with Gasteiger partial charge in [0.1, 0.15) is 0 Å². The summed E-state index contributed by atoms with van der Waals surface area (Å²) >= 11 is 0. The van der Waals surface area contributed by atoms with Crippen molar-refractivity contribution in [3.8, 4) is 0 Å². The van der Waals surface area contributed by atoms with Gasteiger partial charge in [-0.15, -0.1) is 0 Å². The molecule has 1 amide bonds.